The average Bonchev–Trinajstić information content (AvgIpc) is 2.99. The third kappa shape index (κ3) is 3.73. The number of halogens is 2. The van der Waals surface area contributed by atoms with Crippen molar-refractivity contribution in [2.45, 2.75) is 13.0 Å². The van der Waals surface area contributed by atoms with Crippen LogP contribution in [0.25, 0.3) is 16.5 Å². The van der Waals surface area contributed by atoms with Crippen LogP contribution in [0.1, 0.15) is 29.0 Å². The van der Waals surface area contributed by atoms with Crippen LogP contribution in [-0.4, -0.2) is 20.3 Å². The normalized spacial score (nSPS) is 12.1. The maximum atomic E-state index is 13.5. The number of pyridine rings is 1. The van der Waals surface area contributed by atoms with Crippen molar-refractivity contribution in [2.24, 2.45) is 7.05 Å². The van der Waals surface area contributed by atoms with Gasteiger partial charge in [-0.25, -0.2) is 0 Å². The van der Waals surface area contributed by atoms with Gasteiger partial charge in [-0.15, -0.1) is 0 Å². The molecule has 31 heavy (non-hydrogen) atoms. The summed E-state index contributed by atoms with van der Waals surface area (Å²) in [6.45, 7) is 1.81. The number of carbonyl (C=O) groups excluding carboxylic acids is 1. The first-order valence-corrected chi connectivity index (χ1v) is 10.6. The van der Waals surface area contributed by atoms with Crippen LogP contribution in [0.3, 0.4) is 0 Å². The number of aryl methyl sites for hydroxylation is 1. The molecule has 2 aromatic carbocycles. The third-order valence-electron chi connectivity index (χ3n) is 5.06. The molecule has 1 atom stereocenters. The number of nitrogens with zero attached hydrogens (tertiary/aromatic N) is 3. The van der Waals surface area contributed by atoms with Gasteiger partial charge in [-0.1, -0.05) is 41.9 Å². The van der Waals surface area contributed by atoms with Crippen molar-refractivity contribution in [3.8, 4) is 5.69 Å². The van der Waals surface area contributed by atoms with Gasteiger partial charge in [0.15, 0.2) is 5.82 Å². The molecule has 0 fully saturated rings. The van der Waals surface area contributed by atoms with Gasteiger partial charge in [-0.2, -0.15) is 5.10 Å². The molecule has 0 unspecified atom stereocenters. The molecule has 0 aliphatic heterocycles. The van der Waals surface area contributed by atoms with Crippen LogP contribution >= 0.6 is 27.5 Å². The van der Waals surface area contributed by atoms with Crippen LogP contribution in [0.5, 0.6) is 0 Å². The molecule has 0 spiro atoms. The first-order chi connectivity index (χ1) is 14.8. The Hall–Kier alpha value is -3.10. The van der Waals surface area contributed by atoms with Crippen molar-refractivity contribution in [3.05, 3.63) is 85.8 Å². The highest BCUT2D eigenvalue weighted by Gasteiger charge is 2.24. The predicted octanol–water partition coefficient (Wildman–Crippen LogP) is 4.21. The molecule has 158 valence electrons. The highest BCUT2D eigenvalue weighted by Crippen LogP contribution is 2.27. The highest BCUT2D eigenvalue weighted by molar-refractivity contribution is 9.10. The molecule has 0 saturated heterocycles. The quantitative estimate of drug-likeness (QED) is 0.439. The van der Waals surface area contributed by atoms with E-state index in [4.69, 9.17) is 17.3 Å². The van der Waals surface area contributed by atoms with Crippen LogP contribution in [0.15, 0.2) is 64.0 Å². The molecule has 0 aliphatic carbocycles. The number of nitrogen functional groups attached to an aromatic ring is 1. The van der Waals surface area contributed by atoms with Gasteiger partial charge in [-0.3, -0.25) is 18.8 Å². The zero-order chi connectivity index (χ0) is 22.3. The van der Waals surface area contributed by atoms with Gasteiger partial charge in [0.2, 0.25) is 0 Å². The number of anilines is 1. The van der Waals surface area contributed by atoms with E-state index in [1.54, 1.807) is 23.7 Å². The summed E-state index contributed by atoms with van der Waals surface area (Å²) >= 11 is 9.68. The molecular weight excluding hydrogens is 482 g/mol. The van der Waals surface area contributed by atoms with Crippen LogP contribution in [0.2, 0.25) is 5.02 Å². The lowest BCUT2D eigenvalue weighted by Gasteiger charge is -2.21. The summed E-state index contributed by atoms with van der Waals surface area (Å²) in [7, 11) is 1.68. The van der Waals surface area contributed by atoms with Gasteiger partial charge in [0, 0.05) is 18.4 Å². The number of rotatable bonds is 4. The standard InChI is InChI=1S/C22H19BrClN5O2/c1-12(26-21(30)18-19(23)28(2)27-20(18)25)16-11-13-7-6-10-15(24)17(13)22(31)29(16)14-8-4-3-5-9-14/h3-12H,1-2H3,(H2,25,27)(H,26,30)/t12-/m0/s1. The average molecular weight is 501 g/mol. The molecule has 0 radical (unpaired) electrons. The summed E-state index contributed by atoms with van der Waals surface area (Å²) < 4.78 is 3.52. The number of para-hydroxylation sites is 1. The second-order valence-corrected chi connectivity index (χ2v) is 8.28. The fraction of sp³-hybridized carbons (Fsp3) is 0.136. The molecule has 0 bridgehead atoms. The Kier molecular flexibility index (Phi) is 5.60. The van der Waals surface area contributed by atoms with Gasteiger partial charge in [-0.05, 0) is 52.5 Å². The molecule has 2 heterocycles. The Balaban J connectivity index is 1.86. The van der Waals surface area contributed by atoms with E-state index < -0.39 is 11.9 Å². The fourth-order valence-corrected chi connectivity index (χ4v) is 4.30. The Labute approximate surface area is 191 Å². The number of fused-ring (bicyclic) bond motifs is 1. The maximum absolute atomic E-state index is 13.5. The zero-order valence-electron chi connectivity index (χ0n) is 16.8. The molecule has 7 nitrogen and oxygen atoms in total. The SMILES string of the molecule is C[C@H](NC(=O)c1c(N)nn(C)c1Br)c1cc2cccc(Cl)c2c(=O)n1-c1ccccc1. The van der Waals surface area contributed by atoms with E-state index in [1.165, 1.54) is 4.68 Å². The lowest BCUT2D eigenvalue weighted by Crippen LogP contribution is -2.32. The Morgan fingerprint density at radius 3 is 2.55 bits per heavy atom. The highest BCUT2D eigenvalue weighted by atomic mass is 79.9. The molecule has 0 saturated carbocycles. The lowest BCUT2D eigenvalue weighted by atomic mass is 10.1. The topological polar surface area (TPSA) is 94.9 Å². The number of aromatic nitrogens is 3. The maximum Gasteiger partial charge on any atom is 0.264 e. The predicted molar refractivity (Wildman–Crippen MR) is 126 cm³/mol. The number of hydrogen-bond donors (Lipinski definition) is 2. The number of hydrogen-bond acceptors (Lipinski definition) is 4. The summed E-state index contributed by atoms with van der Waals surface area (Å²) in [5.74, 6) is -0.284. The van der Waals surface area contributed by atoms with E-state index in [0.717, 1.165) is 0 Å². The van der Waals surface area contributed by atoms with Gasteiger partial charge in [0.1, 0.15) is 10.2 Å². The molecule has 4 rings (SSSR count). The number of amides is 1. The molecule has 2 aromatic heterocycles. The second-order valence-electron chi connectivity index (χ2n) is 7.12. The molecule has 1 amide bonds. The fourth-order valence-electron chi connectivity index (χ4n) is 3.58. The van der Waals surface area contributed by atoms with Gasteiger partial charge in [0.05, 0.1) is 16.5 Å². The first-order valence-electron chi connectivity index (χ1n) is 9.48. The summed E-state index contributed by atoms with van der Waals surface area (Å²) in [5, 5.41) is 8.49. The Morgan fingerprint density at radius 1 is 1.19 bits per heavy atom. The van der Waals surface area contributed by atoms with Crippen molar-refractivity contribution >= 4 is 50.0 Å². The Morgan fingerprint density at radius 2 is 1.90 bits per heavy atom. The summed E-state index contributed by atoms with van der Waals surface area (Å²) in [4.78, 5) is 26.4. The largest absolute Gasteiger partial charge is 0.382 e. The van der Waals surface area contributed by atoms with Gasteiger partial charge >= 0.3 is 0 Å². The number of nitrogens with two attached hydrogens (primary N) is 1. The zero-order valence-corrected chi connectivity index (χ0v) is 19.1. The number of benzene rings is 2. The lowest BCUT2D eigenvalue weighted by molar-refractivity contribution is 0.0938. The minimum Gasteiger partial charge on any atom is -0.382 e. The van der Waals surface area contributed by atoms with E-state index in [-0.39, 0.29) is 16.9 Å². The summed E-state index contributed by atoms with van der Waals surface area (Å²) in [6.07, 6.45) is 0. The molecule has 0 aliphatic rings. The van der Waals surface area contributed by atoms with Crippen molar-refractivity contribution in [1.82, 2.24) is 19.7 Å². The monoisotopic (exact) mass is 499 g/mol. The van der Waals surface area contributed by atoms with Crippen molar-refractivity contribution < 1.29 is 4.79 Å². The summed E-state index contributed by atoms with van der Waals surface area (Å²) in [6, 6.07) is 15.9. The minimum atomic E-state index is -0.518. The number of nitrogens with one attached hydrogen (secondary N) is 1. The van der Waals surface area contributed by atoms with E-state index in [0.29, 0.717) is 31.8 Å². The molecule has 3 N–H and O–H groups in total. The van der Waals surface area contributed by atoms with Gasteiger partial charge in [0.25, 0.3) is 11.5 Å². The number of carbonyl (C=O) groups is 1. The molecular formula is C22H19BrClN5O2. The second kappa shape index (κ2) is 8.20. The van der Waals surface area contributed by atoms with E-state index in [1.807, 2.05) is 49.4 Å². The van der Waals surface area contributed by atoms with Crippen LogP contribution in [-0.2, 0) is 7.05 Å². The van der Waals surface area contributed by atoms with Crippen LogP contribution < -0.4 is 16.6 Å². The van der Waals surface area contributed by atoms with Crippen LogP contribution in [0, 0.1) is 0 Å². The van der Waals surface area contributed by atoms with E-state index in [2.05, 4.69) is 26.3 Å². The van der Waals surface area contributed by atoms with Crippen molar-refractivity contribution in [2.75, 3.05) is 5.73 Å². The smallest absolute Gasteiger partial charge is 0.264 e. The van der Waals surface area contributed by atoms with Gasteiger partial charge < -0.3 is 11.1 Å². The summed E-state index contributed by atoms with van der Waals surface area (Å²) in [5.41, 5.74) is 7.17. The van der Waals surface area contributed by atoms with E-state index >= 15 is 0 Å². The van der Waals surface area contributed by atoms with E-state index in [9.17, 15) is 9.59 Å². The first kappa shape index (κ1) is 21.1. The third-order valence-corrected chi connectivity index (χ3v) is 6.29. The molecule has 9 heteroatoms. The Bertz CT molecular complexity index is 1360. The minimum absolute atomic E-state index is 0.116. The van der Waals surface area contributed by atoms with Crippen molar-refractivity contribution in [1.29, 1.82) is 0 Å². The van der Waals surface area contributed by atoms with Crippen molar-refractivity contribution in [3.63, 3.8) is 0 Å². The van der Waals surface area contributed by atoms with Crippen LogP contribution in [0.4, 0.5) is 5.82 Å². The molecule has 4 aromatic rings.